The summed E-state index contributed by atoms with van der Waals surface area (Å²) in [7, 11) is 1.41. The molecule has 1 amide bonds. The first-order valence-corrected chi connectivity index (χ1v) is 6.25. The Hall–Kier alpha value is -3.29. The Morgan fingerprint density at radius 1 is 1.41 bits per heavy atom. The number of nitro groups is 1. The van der Waals surface area contributed by atoms with E-state index in [0.29, 0.717) is 5.56 Å². The molecular weight excluding hydrogens is 288 g/mol. The number of nitrogens with zero attached hydrogens (tertiary/aromatic N) is 2. The summed E-state index contributed by atoms with van der Waals surface area (Å²) in [4.78, 5) is 39.7. The molecule has 0 aliphatic carbocycles. The normalized spacial score (nSPS) is 10.6. The molecule has 0 fully saturated rings. The SMILES string of the molecule is CNC(=O)c1cnc(C=Cc2cccc([N+](=O)[O-])c2)[nH]c1=O. The maximum atomic E-state index is 11.7. The summed E-state index contributed by atoms with van der Waals surface area (Å²) in [5, 5.41) is 13.0. The number of aromatic amines is 1. The Balaban J connectivity index is 2.25. The Morgan fingerprint density at radius 3 is 2.82 bits per heavy atom. The molecule has 1 aromatic heterocycles. The molecule has 0 unspecified atom stereocenters. The summed E-state index contributed by atoms with van der Waals surface area (Å²) < 4.78 is 0. The third-order valence-electron chi connectivity index (χ3n) is 2.81. The second kappa shape index (κ2) is 6.44. The Bertz CT molecular complexity index is 810. The van der Waals surface area contributed by atoms with Gasteiger partial charge in [-0.15, -0.1) is 0 Å². The summed E-state index contributed by atoms with van der Waals surface area (Å²) in [6.07, 6.45) is 4.24. The minimum Gasteiger partial charge on any atom is -0.355 e. The first-order valence-electron chi connectivity index (χ1n) is 6.25. The number of aromatic nitrogens is 2. The van der Waals surface area contributed by atoms with Gasteiger partial charge in [-0.05, 0) is 11.6 Å². The van der Waals surface area contributed by atoms with Crippen molar-refractivity contribution in [1.29, 1.82) is 0 Å². The summed E-state index contributed by atoms with van der Waals surface area (Å²) in [5.74, 6) is -0.285. The van der Waals surface area contributed by atoms with Crippen molar-refractivity contribution >= 4 is 23.7 Å². The fourth-order valence-electron chi connectivity index (χ4n) is 1.71. The fraction of sp³-hybridized carbons (Fsp3) is 0.0714. The third-order valence-corrected chi connectivity index (χ3v) is 2.81. The van der Waals surface area contributed by atoms with Crippen molar-refractivity contribution in [2.75, 3.05) is 7.05 Å². The molecule has 0 aliphatic heterocycles. The summed E-state index contributed by atoms with van der Waals surface area (Å²) in [6.45, 7) is 0. The predicted molar refractivity (Wildman–Crippen MR) is 80.3 cm³/mol. The van der Waals surface area contributed by atoms with Crippen LogP contribution in [0.15, 0.2) is 35.3 Å². The van der Waals surface area contributed by atoms with Crippen molar-refractivity contribution in [3.63, 3.8) is 0 Å². The molecule has 2 aromatic rings. The van der Waals surface area contributed by atoms with Crippen LogP contribution in [0.2, 0.25) is 0 Å². The van der Waals surface area contributed by atoms with Crippen LogP contribution in [-0.4, -0.2) is 27.8 Å². The van der Waals surface area contributed by atoms with Crippen LogP contribution >= 0.6 is 0 Å². The number of rotatable bonds is 4. The second-order valence-corrected chi connectivity index (χ2v) is 4.28. The Labute approximate surface area is 124 Å². The zero-order valence-corrected chi connectivity index (χ0v) is 11.6. The zero-order chi connectivity index (χ0) is 16.1. The van der Waals surface area contributed by atoms with Crippen molar-refractivity contribution in [1.82, 2.24) is 15.3 Å². The fourth-order valence-corrected chi connectivity index (χ4v) is 1.71. The minimum atomic E-state index is -0.562. The lowest BCUT2D eigenvalue weighted by Gasteiger charge is -1.99. The summed E-state index contributed by atoms with van der Waals surface area (Å²) in [6, 6.07) is 6.02. The zero-order valence-electron chi connectivity index (χ0n) is 11.6. The van der Waals surface area contributed by atoms with E-state index < -0.39 is 16.4 Å². The lowest BCUT2D eigenvalue weighted by molar-refractivity contribution is -0.384. The Kier molecular flexibility index (Phi) is 4.42. The molecule has 1 heterocycles. The topological polar surface area (TPSA) is 118 Å². The largest absolute Gasteiger partial charge is 0.355 e. The van der Waals surface area contributed by atoms with Crippen molar-refractivity contribution in [2.45, 2.75) is 0 Å². The van der Waals surface area contributed by atoms with E-state index in [1.807, 2.05) is 0 Å². The van der Waals surface area contributed by atoms with Gasteiger partial charge in [0.25, 0.3) is 17.2 Å². The molecule has 0 saturated heterocycles. The standard InChI is InChI=1S/C14H12N4O4/c1-15-13(19)11-8-16-12(17-14(11)20)6-5-9-3-2-4-10(7-9)18(21)22/h2-8H,1H3,(H,15,19)(H,16,17,20). The number of carbonyl (C=O) groups is 1. The van der Waals surface area contributed by atoms with Crippen molar-refractivity contribution in [2.24, 2.45) is 0 Å². The van der Waals surface area contributed by atoms with Crippen LogP contribution in [0.3, 0.4) is 0 Å². The van der Waals surface area contributed by atoms with Gasteiger partial charge >= 0.3 is 0 Å². The van der Waals surface area contributed by atoms with Gasteiger partial charge in [0.05, 0.1) is 4.92 Å². The maximum absolute atomic E-state index is 11.7. The average Bonchev–Trinajstić information content (AvgIpc) is 2.52. The molecular formula is C14H12N4O4. The van der Waals surface area contributed by atoms with Gasteiger partial charge in [-0.25, -0.2) is 4.98 Å². The monoisotopic (exact) mass is 300 g/mol. The summed E-state index contributed by atoms with van der Waals surface area (Å²) >= 11 is 0. The molecule has 0 aliphatic rings. The van der Waals surface area contributed by atoms with Gasteiger partial charge in [-0.1, -0.05) is 18.2 Å². The third kappa shape index (κ3) is 3.42. The number of carbonyl (C=O) groups excluding carboxylic acids is 1. The first-order chi connectivity index (χ1) is 10.5. The first kappa shape index (κ1) is 15.1. The molecule has 0 bridgehead atoms. The molecule has 0 spiro atoms. The van der Waals surface area contributed by atoms with Crippen LogP contribution in [0.25, 0.3) is 12.2 Å². The van der Waals surface area contributed by atoms with Crippen LogP contribution in [0.5, 0.6) is 0 Å². The van der Waals surface area contributed by atoms with Crippen LogP contribution in [-0.2, 0) is 0 Å². The van der Waals surface area contributed by atoms with E-state index in [2.05, 4.69) is 15.3 Å². The minimum absolute atomic E-state index is 0.0291. The molecule has 8 nitrogen and oxygen atoms in total. The van der Waals surface area contributed by atoms with Gasteiger partial charge in [0.2, 0.25) is 0 Å². The maximum Gasteiger partial charge on any atom is 0.270 e. The van der Waals surface area contributed by atoms with Gasteiger partial charge in [-0.3, -0.25) is 19.7 Å². The number of benzene rings is 1. The quantitative estimate of drug-likeness (QED) is 0.650. The molecule has 0 radical (unpaired) electrons. The number of hydrogen-bond donors (Lipinski definition) is 2. The van der Waals surface area contributed by atoms with Crippen molar-refractivity contribution in [3.05, 3.63) is 67.9 Å². The lowest BCUT2D eigenvalue weighted by Crippen LogP contribution is -2.27. The van der Waals surface area contributed by atoms with Crippen molar-refractivity contribution < 1.29 is 9.72 Å². The highest BCUT2D eigenvalue weighted by molar-refractivity contribution is 5.93. The van der Waals surface area contributed by atoms with E-state index >= 15 is 0 Å². The van der Waals surface area contributed by atoms with E-state index in [0.717, 1.165) is 0 Å². The highest BCUT2D eigenvalue weighted by Gasteiger charge is 2.09. The highest BCUT2D eigenvalue weighted by Crippen LogP contribution is 2.14. The van der Waals surface area contributed by atoms with Gasteiger partial charge < -0.3 is 10.3 Å². The Morgan fingerprint density at radius 2 is 2.18 bits per heavy atom. The number of nitrogens with one attached hydrogen (secondary N) is 2. The van der Waals surface area contributed by atoms with Gasteiger partial charge in [0.1, 0.15) is 11.4 Å². The molecule has 2 N–H and O–H groups in total. The highest BCUT2D eigenvalue weighted by atomic mass is 16.6. The summed E-state index contributed by atoms with van der Waals surface area (Å²) in [5.41, 5.74) is -0.0890. The number of H-pyrrole nitrogens is 1. The second-order valence-electron chi connectivity index (χ2n) is 4.28. The van der Waals surface area contributed by atoms with Crippen LogP contribution in [0, 0.1) is 10.1 Å². The number of amides is 1. The van der Waals surface area contributed by atoms with E-state index in [1.165, 1.54) is 31.5 Å². The lowest BCUT2D eigenvalue weighted by atomic mass is 10.2. The van der Waals surface area contributed by atoms with E-state index in [4.69, 9.17) is 0 Å². The number of non-ortho nitro benzene ring substituents is 1. The average molecular weight is 300 g/mol. The van der Waals surface area contributed by atoms with Crippen LogP contribution in [0.1, 0.15) is 21.7 Å². The van der Waals surface area contributed by atoms with Crippen LogP contribution in [0.4, 0.5) is 5.69 Å². The number of nitro benzene ring substituents is 1. The smallest absolute Gasteiger partial charge is 0.270 e. The predicted octanol–water partition coefficient (Wildman–Crippen LogP) is 1.21. The molecule has 0 saturated carbocycles. The van der Waals surface area contributed by atoms with Gasteiger partial charge in [-0.2, -0.15) is 0 Å². The molecule has 2 rings (SSSR count). The molecule has 22 heavy (non-hydrogen) atoms. The van der Waals surface area contributed by atoms with E-state index in [-0.39, 0.29) is 17.1 Å². The van der Waals surface area contributed by atoms with Crippen LogP contribution < -0.4 is 10.9 Å². The number of hydrogen-bond acceptors (Lipinski definition) is 5. The molecule has 1 aromatic carbocycles. The van der Waals surface area contributed by atoms with E-state index in [1.54, 1.807) is 18.2 Å². The van der Waals surface area contributed by atoms with Gasteiger partial charge in [0, 0.05) is 25.4 Å². The molecule has 8 heteroatoms. The van der Waals surface area contributed by atoms with Crippen molar-refractivity contribution in [3.8, 4) is 0 Å². The van der Waals surface area contributed by atoms with E-state index in [9.17, 15) is 19.7 Å². The molecule has 112 valence electrons. The molecule has 0 atom stereocenters. The van der Waals surface area contributed by atoms with Gasteiger partial charge in [0.15, 0.2) is 0 Å².